The van der Waals surface area contributed by atoms with Gasteiger partial charge in [0.1, 0.15) is 12.7 Å². The Kier molecular flexibility index (Phi) is 4.21. The minimum atomic E-state index is -2.20. The Bertz CT molecular complexity index is 828. The molecule has 3 rings (SSSR count). The van der Waals surface area contributed by atoms with E-state index >= 15 is 0 Å². The van der Waals surface area contributed by atoms with Crippen LogP contribution in [-0.2, 0) is 9.30 Å². The van der Waals surface area contributed by atoms with E-state index in [1.807, 2.05) is 11.5 Å². The fourth-order valence-electron chi connectivity index (χ4n) is 2.73. The minimum absolute atomic E-state index is 0.0588. The fraction of sp³-hybridized carbons (Fsp3) is 0.500. The molecule has 124 valence electrons. The first-order valence-electron chi connectivity index (χ1n) is 7.24. The monoisotopic (exact) mass is 355 g/mol. The predicted octanol–water partition coefficient (Wildman–Crippen LogP) is 2.92. The highest BCUT2D eigenvalue weighted by atomic mass is 35.5. The molecule has 1 aliphatic carbocycles. The van der Waals surface area contributed by atoms with Crippen molar-refractivity contribution in [2.75, 3.05) is 25.4 Å². The van der Waals surface area contributed by atoms with Crippen molar-refractivity contribution < 1.29 is 9.30 Å². The summed E-state index contributed by atoms with van der Waals surface area (Å²) in [5.41, 5.74) is 7.97. The van der Waals surface area contributed by atoms with Gasteiger partial charge in [0.05, 0.1) is 24.8 Å². The number of imidazole rings is 1. The third-order valence-corrected chi connectivity index (χ3v) is 4.80. The van der Waals surface area contributed by atoms with Crippen LogP contribution < -0.4 is 5.73 Å². The van der Waals surface area contributed by atoms with Crippen molar-refractivity contribution in [2.24, 2.45) is 0 Å². The Morgan fingerprint density at radius 1 is 1.48 bits per heavy atom. The zero-order valence-corrected chi connectivity index (χ0v) is 14.9. The zero-order chi connectivity index (χ0) is 16.8. The van der Waals surface area contributed by atoms with Gasteiger partial charge in [0, 0.05) is 6.42 Å². The summed E-state index contributed by atoms with van der Waals surface area (Å²) in [6, 6.07) is 0.0588. The molecule has 2 aromatic heterocycles. The minimum Gasteiger partial charge on any atom is -0.368 e. The average Bonchev–Trinajstić information content (AvgIpc) is 2.99. The molecule has 0 spiro atoms. The quantitative estimate of drug-likeness (QED) is 0.514. The van der Waals surface area contributed by atoms with E-state index in [2.05, 4.69) is 21.0 Å². The van der Waals surface area contributed by atoms with Gasteiger partial charge in [-0.1, -0.05) is 23.3 Å². The lowest BCUT2D eigenvalue weighted by atomic mass is 10.1. The van der Waals surface area contributed by atoms with E-state index < -0.39 is 7.14 Å². The second-order valence-electron chi connectivity index (χ2n) is 6.27. The second kappa shape index (κ2) is 5.89. The molecule has 9 heteroatoms. The zero-order valence-electron chi connectivity index (χ0n) is 13.2. The van der Waals surface area contributed by atoms with Gasteiger partial charge >= 0.3 is 0 Å². The Morgan fingerprint density at radius 3 is 2.91 bits per heavy atom. The Balaban J connectivity index is 1.86. The molecule has 0 aromatic carbocycles. The number of nitrogens with zero attached hydrogens (tertiary/aromatic N) is 4. The van der Waals surface area contributed by atoms with Crippen LogP contribution in [0.15, 0.2) is 18.0 Å². The third-order valence-electron chi connectivity index (χ3n) is 3.76. The summed E-state index contributed by atoms with van der Waals surface area (Å²) in [7, 11) is -2.20. The molecule has 1 aliphatic rings. The molecule has 0 saturated carbocycles. The van der Waals surface area contributed by atoms with Crippen molar-refractivity contribution >= 4 is 35.9 Å². The van der Waals surface area contributed by atoms with Gasteiger partial charge in [0.25, 0.3) is 0 Å². The standard InChI is InChI=1S/C14H19ClN5O2P/c1-8-4-9(22-7-23(2,3)21)5-10(8)20-6-17-11-12(15)18-14(16)19-13(11)20/h4,6,9-10H,5,7H2,1-3H3,(H2,16,18,19)/t9-,10-/m1/s1. The van der Waals surface area contributed by atoms with Crippen LogP contribution in [0.2, 0.25) is 5.15 Å². The first kappa shape index (κ1) is 16.4. The van der Waals surface area contributed by atoms with Crippen LogP contribution in [0.3, 0.4) is 0 Å². The van der Waals surface area contributed by atoms with Gasteiger partial charge in [0.15, 0.2) is 10.8 Å². The lowest BCUT2D eigenvalue weighted by Gasteiger charge is -2.17. The molecule has 0 unspecified atom stereocenters. The number of rotatable bonds is 4. The summed E-state index contributed by atoms with van der Waals surface area (Å²) < 4.78 is 19.5. The van der Waals surface area contributed by atoms with E-state index in [4.69, 9.17) is 22.1 Å². The smallest absolute Gasteiger partial charge is 0.223 e. The predicted molar refractivity (Wildman–Crippen MR) is 91.4 cm³/mol. The molecule has 2 aromatic rings. The maximum Gasteiger partial charge on any atom is 0.223 e. The van der Waals surface area contributed by atoms with Crippen LogP contribution in [-0.4, -0.2) is 45.3 Å². The molecule has 0 aliphatic heterocycles. The number of ether oxygens (including phenoxy) is 1. The van der Waals surface area contributed by atoms with Crippen LogP contribution in [0.25, 0.3) is 11.2 Å². The molecule has 0 saturated heterocycles. The van der Waals surface area contributed by atoms with Crippen molar-refractivity contribution in [1.82, 2.24) is 19.5 Å². The highest BCUT2D eigenvalue weighted by Crippen LogP contribution is 2.39. The van der Waals surface area contributed by atoms with E-state index in [9.17, 15) is 4.57 Å². The van der Waals surface area contributed by atoms with Crippen molar-refractivity contribution in [1.29, 1.82) is 0 Å². The molecular formula is C14H19ClN5O2P. The van der Waals surface area contributed by atoms with Crippen LogP contribution in [0, 0.1) is 0 Å². The van der Waals surface area contributed by atoms with E-state index in [0.29, 0.717) is 11.2 Å². The van der Waals surface area contributed by atoms with Gasteiger partial charge in [0.2, 0.25) is 5.95 Å². The Hall–Kier alpha value is -1.43. The lowest BCUT2D eigenvalue weighted by Crippen LogP contribution is -2.13. The second-order valence-corrected chi connectivity index (χ2v) is 10.0. The van der Waals surface area contributed by atoms with Crippen LogP contribution in [0.5, 0.6) is 0 Å². The molecule has 0 fully saturated rings. The van der Waals surface area contributed by atoms with Crippen molar-refractivity contribution in [3.8, 4) is 0 Å². The van der Waals surface area contributed by atoms with E-state index in [-0.39, 0.29) is 29.6 Å². The largest absolute Gasteiger partial charge is 0.368 e. The molecule has 0 radical (unpaired) electrons. The maximum absolute atomic E-state index is 11.8. The van der Waals surface area contributed by atoms with Gasteiger partial charge in [-0.2, -0.15) is 9.97 Å². The molecule has 7 nitrogen and oxygen atoms in total. The number of allylic oxidation sites excluding steroid dienone is 1. The SMILES string of the molecule is CC1=C[C@@H](OCP(C)(C)=O)C[C@H]1n1cnc2c(Cl)nc(N)nc21. The molecule has 23 heavy (non-hydrogen) atoms. The van der Waals surface area contributed by atoms with E-state index in [1.54, 1.807) is 19.7 Å². The van der Waals surface area contributed by atoms with E-state index in [1.165, 1.54) is 0 Å². The summed E-state index contributed by atoms with van der Waals surface area (Å²) in [4.78, 5) is 12.5. The number of aromatic nitrogens is 4. The third kappa shape index (κ3) is 3.42. The first-order chi connectivity index (χ1) is 10.7. The number of nitrogen functional groups attached to an aromatic ring is 1. The lowest BCUT2D eigenvalue weighted by molar-refractivity contribution is 0.115. The summed E-state index contributed by atoms with van der Waals surface area (Å²) in [6.45, 7) is 5.48. The molecular weight excluding hydrogens is 337 g/mol. The van der Waals surface area contributed by atoms with Crippen LogP contribution in [0.1, 0.15) is 19.4 Å². The molecule has 0 bridgehead atoms. The summed E-state index contributed by atoms with van der Waals surface area (Å²) >= 11 is 6.07. The topological polar surface area (TPSA) is 95.9 Å². The fourth-order valence-corrected chi connectivity index (χ4v) is 3.50. The van der Waals surface area contributed by atoms with Gasteiger partial charge in [-0.05, 0) is 20.3 Å². The molecule has 2 atom stereocenters. The summed E-state index contributed by atoms with van der Waals surface area (Å²) in [5, 5.41) is 0.247. The highest BCUT2D eigenvalue weighted by Gasteiger charge is 2.28. The maximum atomic E-state index is 11.8. The number of hydrogen-bond acceptors (Lipinski definition) is 6. The number of fused-ring (bicyclic) bond motifs is 1. The first-order valence-corrected chi connectivity index (χ1v) is 10.4. The normalized spacial score (nSPS) is 21.8. The van der Waals surface area contributed by atoms with Crippen LogP contribution in [0.4, 0.5) is 5.95 Å². The van der Waals surface area contributed by atoms with Gasteiger partial charge in [-0.15, -0.1) is 0 Å². The molecule has 2 N–H and O–H groups in total. The Morgan fingerprint density at radius 2 is 2.22 bits per heavy atom. The summed E-state index contributed by atoms with van der Waals surface area (Å²) in [5.74, 6) is 0.120. The van der Waals surface area contributed by atoms with Crippen molar-refractivity contribution in [2.45, 2.75) is 25.5 Å². The van der Waals surface area contributed by atoms with Crippen molar-refractivity contribution in [3.63, 3.8) is 0 Å². The van der Waals surface area contributed by atoms with Gasteiger partial charge in [-0.25, -0.2) is 4.98 Å². The average molecular weight is 356 g/mol. The number of hydrogen-bond donors (Lipinski definition) is 1. The molecule has 0 amide bonds. The van der Waals surface area contributed by atoms with Crippen molar-refractivity contribution in [3.05, 3.63) is 23.1 Å². The number of halogens is 1. The number of anilines is 1. The highest BCUT2D eigenvalue weighted by molar-refractivity contribution is 7.62. The summed E-state index contributed by atoms with van der Waals surface area (Å²) in [6.07, 6.45) is 4.69. The van der Waals surface area contributed by atoms with Crippen LogP contribution >= 0.6 is 18.7 Å². The van der Waals surface area contributed by atoms with Gasteiger partial charge in [-0.3, -0.25) is 0 Å². The van der Waals surface area contributed by atoms with Gasteiger partial charge < -0.3 is 19.6 Å². The Labute approximate surface area is 139 Å². The molecule has 2 heterocycles. The van der Waals surface area contributed by atoms with E-state index in [0.717, 1.165) is 12.0 Å². The number of nitrogens with two attached hydrogens (primary N) is 1.